The molecule has 0 bridgehead atoms. The number of aromatic nitrogens is 3. The summed E-state index contributed by atoms with van der Waals surface area (Å²) in [5.41, 5.74) is 5.40. The lowest BCUT2D eigenvalue weighted by Gasteiger charge is -2.40. The van der Waals surface area contributed by atoms with Gasteiger partial charge in [0.1, 0.15) is 17.4 Å². The van der Waals surface area contributed by atoms with Gasteiger partial charge < -0.3 is 24.4 Å². The SMILES string of the molecule is CCOc1cc([C@H](C)N2CC3(CC3)c3c(CN(C)C)cc(Cn4ccnc4NC)cc3C2=O)ncc1C#N. The number of hydrogen-bond donors (Lipinski definition) is 1. The molecule has 2 aliphatic rings. The molecule has 0 radical (unpaired) electrons. The number of hydrogen-bond acceptors (Lipinski definition) is 7. The van der Waals surface area contributed by atoms with E-state index >= 15 is 0 Å². The molecular formula is C29H35N7O2. The summed E-state index contributed by atoms with van der Waals surface area (Å²) in [5, 5.41) is 12.6. The molecule has 0 unspecified atom stereocenters. The minimum absolute atomic E-state index is 0.0236. The highest BCUT2D eigenvalue weighted by Gasteiger charge is 2.53. The van der Waals surface area contributed by atoms with Gasteiger partial charge in [-0.05, 0) is 63.5 Å². The Hall–Kier alpha value is -3.90. The van der Waals surface area contributed by atoms with Gasteiger partial charge in [-0.15, -0.1) is 0 Å². The summed E-state index contributed by atoms with van der Waals surface area (Å²) >= 11 is 0. The van der Waals surface area contributed by atoms with E-state index in [1.165, 1.54) is 11.1 Å². The molecule has 0 saturated heterocycles. The average Bonchev–Trinajstić information content (AvgIpc) is 3.52. The maximum absolute atomic E-state index is 14.2. The van der Waals surface area contributed by atoms with Crippen LogP contribution in [-0.4, -0.2) is 64.5 Å². The molecule has 3 heterocycles. The molecule has 1 saturated carbocycles. The highest BCUT2D eigenvalue weighted by molar-refractivity contribution is 5.98. The van der Waals surface area contributed by atoms with Gasteiger partial charge in [0.25, 0.3) is 5.91 Å². The first-order valence-electron chi connectivity index (χ1n) is 13.1. The summed E-state index contributed by atoms with van der Waals surface area (Å²) in [6.07, 6.45) is 7.39. The van der Waals surface area contributed by atoms with Crippen molar-refractivity contribution in [2.75, 3.05) is 39.6 Å². The van der Waals surface area contributed by atoms with Crippen molar-refractivity contribution >= 4 is 11.9 Å². The monoisotopic (exact) mass is 513 g/mol. The van der Waals surface area contributed by atoms with Crippen molar-refractivity contribution in [3.8, 4) is 11.8 Å². The Bertz CT molecular complexity index is 1400. The first kappa shape index (κ1) is 25.7. The third kappa shape index (κ3) is 4.61. The van der Waals surface area contributed by atoms with E-state index < -0.39 is 0 Å². The Morgan fingerprint density at radius 1 is 1.26 bits per heavy atom. The fourth-order valence-electron chi connectivity index (χ4n) is 5.68. The zero-order valence-electron chi connectivity index (χ0n) is 22.8. The number of pyridine rings is 1. The molecule has 9 nitrogen and oxygen atoms in total. The Morgan fingerprint density at radius 2 is 2.05 bits per heavy atom. The number of carbonyl (C=O) groups excluding carboxylic acids is 1. The standard InChI is InChI=1S/C29H35N7O2/c1-6-38-25-13-24(33-15-22(25)14-30)19(2)36-18-29(7-8-29)26-21(17-34(4)5)11-20(12-23(26)27(36)37)16-35-10-9-32-28(35)31-3/h9-13,15,19H,6-8,16-18H2,1-5H3,(H,31,32)/t19-/m0/s1. The highest BCUT2D eigenvalue weighted by Crippen LogP contribution is 2.55. The van der Waals surface area contributed by atoms with Crippen LogP contribution in [0, 0.1) is 11.3 Å². The molecule has 2 aromatic heterocycles. The van der Waals surface area contributed by atoms with E-state index in [0.717, 1.165) is 42.2 Å². The number of imidazole rings is 1. The zero-order chi connectivity index (χ0) is 27.0. The van der Waals surface area contributed by atoms with Gasteiger partial charge in [0.2, 0.25) is 5.95 Å². The molecule has 1 amide bonds. The number of nitrogens with one attached hydrogen (secondary N) is 1. The third-order valence-corrected chi connectivity index (χ3v) is 7.61. The van der Waals surface area contributed by atoms with Crippen LogP contribution in [0.15, 0.2) is 36.8 Å². The van der Waals surface area contributed by atoms with Crippen LogP contribution >= 0.6 is 0 Å². The van der Waals surface area contributed by atoms with Crippen molar-refractivity contribution in [1.82, 2.24) is 24.3 Å². The molecule has 1 spiro atoms. The second-order valence-corrected chi connectivity index (χ2v) is 10.6. The topological polar surface area (TPSA) is 99.3 Å². The van der Waals surface area contributed by atoms with Crippen LogP contribution in [0.2, 0.25) is 0 Å². The van der Waals surface area contributed by atoms with Gasteiger partial charge in [-0.3, -0.25) is 9.78 Å². The van der Waals surface area contributed by atoms with E-state index in [0.29, 0.717) is 31.0 Å². The minimum Gasteiger partial charge on any atom is -0.492 e. The summed E-state index contributed by atoms with van der Waals surface area (Å²) in [5.74, 6) is 1.32. The maximum atomic E-state index is 14.2. The summed E-state index contributed by atoms with van der Waals surface area (Å²) in [6, 6.07) is 8.03. The van der Waals surface area contributed by atoms with Crippen molar-refractivity contribution < 1.29 is 9.53 Å². The van der Waals surface area contributed by atoms with Crippen LogP contribution in [0.3, 0.4) is 0 Å². The van der Waals surface area contributed by atoms with Gasteiger partial charge in [0.15, 0.2) is 0 Å². The van der Waals surface area contributed by atoms with Crippen LogP contribution < -0.4 is 10.1 Å². The molecule has 38 heavy (non-hydrogen) atoms. The smallest absolute Gasteiger partial charge is 0.254 e. The molecule has 1 fully saturated rings. The van der Waals surface area contributed by atoms with Gasteiger partial charge in [0, 0.05) is 55.8 Å². The van der Waals surface area contributed by atoms with E-state index in [-0.39, 0.29) is 17.4 Å². The number of anilines is 1. The van der Waals surface area contributed by atoms with E-state index in [2.05, 4.69) is 57.0 Å². The first-order valence-corrected chi connectivity index (χ1v) is 13.1. The van der Waals surface area contributed by atoms with Crippen LogP contribution in [0.5, 0.6) is 5.75 Å². The Morgan fingerprint density at radius 3 is 2.71 bits per heavy atom. The summed E-state index contributed by atoms with van der Waals surface area (Å²) in [4.78, 5) is 27.2. The van der Waals surface area contributed by atoms with Crippen LogP contribution in [0.25, 0.3) is 0 Å². The fourth-order valence-corrected chi connectivity index (χ4v) is 5.68. The maximum Gasteiger partial charge on any atom is 0.254 e. The second kappa shape index (κ2) is 10.1. The first-order chi connectivity index (χ1) is 18.3. The van der Waals surface area contributed by atoms with Gasteiger partial charge in [-0.1, -0.05) is 6.07 Å². The number of nitriles is 1. The molecule has 5 rings (SSSR count). The predicted molar refractivity (Wildman–Crippen MR) is 145 cm³/mol. The molecule has 3 aromatic rings. The number of amides is 1. The number of carbonyl (C=O) groups is 1. The van der Waals surface area contributed by atoms with Crippen molar-refractivity contribution in [2.24, 2.45) is 0 Å². The minimum atomic E-state index is -0.259. The van der Waals surface area contributed by atoms with Gasteiger partial charge in [-0.25, -0.2) is 4.98 Å². The molecule has 1 N–H and O–H groups in total. The van der Waals surface area contributed by atoms with Crippen molar-refractivity contribution in [3.63, 3.8) is 0 Å². The van der Waals surface area contributed by atoms with E-state index in [1.54, 1.807) is 18.5 Å². The summed E-state index contributed by atoms with van der Waals surface area (Å²) < 4.78 is 7.75. The number of nitrogens with zero attached hydrogens (tertiary/aromatic N) is 6. The molecular weight excluding hydrogens is 478 g/mol. The molecule has 1 aliphatic carbocycles. The van der Waals surface area contributed by atoms with Crippen molar-refractivity contribution in [3.05, 3.63) is 70.3 Å². The van der Waals surface area contributed by atoms with Gasteiger partial charge >= 0.3 is 0 Å². The van der Waals surface area contributed by atoms with Crippen LogP contribution in [0.1, 0.15) is 71.0 Å². The highest BCUT2D eigenvalue weighted by atomic mass is 16.5. The Kier molecular flexibility index (Phi) is 6.84. The van der Waals surface area contributed by atoms with Gasteiger partial charge in [-0.2, -0.15) is 5.26 Å². The van der Waals surface area contributed by atoms with E-state index in [4.69, 9.17) is 4.74 Å². The second-order valence-electron chi connectivity index (χ2n) is 10.6. The normalized spacial score (nSPS) is 16.3. The molecule has 1 atom stereocenters. The number of rotatable bonds is 9. The summed E-state index contributed by atoms with van der Waals surface area (Å²) in [7, 11) is 6.00. The quantitative estimate of drug-likeness (QED) is 0.463. The zero-order valence-corrected chi connectivity index (χ0v) is 22.8. The number of fused-ring (bicyclic) bond motifs is 2. The lowest BCUT2D eigenvalue weighted by molar-refractivity contribution is 0.0633. The molecule has 1 aliphatic heterocycles. The lowest BCUT2D eigenvalue weighted by atomic mass is 9.81. The molecule has 198 valence electrons. The lowest BCUT2D eigenvalue weighted by Crippen LogP contribution is -2.45. The Balaban J connectivity index is 1.56. The predicted octanol–water partition coefficient (Wildman–Crippen LogP) is 3.95. The van der Waals surface area contributed by atoms with Crippen molar-refractivity contribution in [2.45, 2.75) is 51.2 Å². The number of benzene rings is 1. The number of ether oxygens (including phenoxy) is 1. The van der Waals surface area contributed by atoms with E-state index in [9.17, 15) is 10.1 Å². The Labute approximate surface area is 224 Å². The largest absolute Gasteiger partial charge is 0.492 e. The fraction of sp³-hybridized carbons (Fsp3) is 0.448. The summed E-state index contributed by atoms with van der Waals surface area (Å²) in [6.45, 7) is 6.41. The molecule has 9 heteroatoms. The van der Waals surface area contributed by atoms with Crippen LogP contribution in [-0.2, 0) is 18.5 Å². The van der Waals surface area contributed by atoms with Crippen LogP contribution in [0.4, 0.5) is 5.95 Å². The van der Waals surface area contributed by atoms with E-state index in [1.807, 2.05) is 32.0 Å². The average molecular weight is 514 g/mol. The van der Waals surface area contributed by atoms with Crippen molar-refractivity contribution in [1.29, 1.82) is 5.26 Å². The third-order valence-electron chi connectivity index (χ3n) is 7.61. The van der Waals surface area contributed by atoms with Gasteiger partial charge in [0.05, 0.1) is 24.9 Å². The molecule has 1 aromatic carbocycles.